The Morgan fingerprint density at radius 3 is 2.44 bits per heavy atom. The van der Waals surface area contributed by atoms with E-state index in [4.69, 9.17) is 0 Å². The van der Waals surface area contributed by atoms with Crippen LogP contribution < -0.4 is 5.32 Å². The van der Waals surface area contributed by atoms with Crippen LogP contribution >= 0.6 is 11.8 Å². The number of hydrogen-bond donors (Lipinski definition) is 1. The Labute approximate surface area is 110 Å². The lowest BCUT2D eigenvalue weighted by molar-refractivity contribution is 0.0953. The minimum absolute atomic E-state index is 0.0107. The van der Waals surface area contributed by atoms with Gasteiger partial charge in [-0.25, -0.2) is 0 Å². The van der Waals surface area contributed by atoms with Crippen LogP contribution in [0.4, 0.5) is 0 Å². The summed E-state index contributed by atoms with van der Waals surface area (Å²) in [5, 5.41) is 3.07. The average molecular weight is 255 g/mol. The van der Waals surface area contributed by atoms with Crippen LogP contribution in [0.3, 0.4) is 0 Å². The molecule has 1 atom stereocenters. The molecule has 3 heteroatoms. The third-order valence-electron chi connectivity index (χ3n) is 3.10. The standard InChI is InChI=1S/C15H13NOS/c1-15(18-11-7-3-2-4-8-11)13-10-6-5-9-12(13)14(17)16-15/h2-10H,1H3,(H,16,17)/t15-/m1/s1. The Balaban J connectivity index is 2.00. The predicted octanol–water partition coefficient (Wildman–Crippen LogP) is 3.40. The fourth-order valence-corrected chi connectivity index (χ4v) is 3.45. The molecule has 1 aliphatic rings. The maximum absolute atomic E-state index is 11.9. The molecule has 0 saturated heterocycles. The van der Waals surface area contributed by atoms with Gasteiger partial charge in [0, 0.05) is 16.0 Å². The Hall–Kier alpha value is -1.74. The zero-order valence-electron chi connectivity index (χ0n) is 10.0. The van der Waals surface area contributed by atoms with Gasteiger partial charge in [0.05, 0.1) is 0 Å². The third kappa shape index (κ3) is 1.81. The monoisotopic (exact) mass is 255 g/mol. The van der Waals surface area contributed by atoms with E-state index in [0.717, 1.165) is 16.0 Å². The topological polar surface area (TPSA) is 29.1 Å². The van der Waals surface area contributed by atoms with E-state index in [2.05, 4.69) is 24.4 Å². The summed E-state index contributed by atoms with van der Waals surface area (Å²) in [5.74, 6) is 0.0107. The van der Waals surface area contributed by atoms with Gasteiger partial charge >= 0.3 is 0 Å². The molecular weight excluding hydrogens is 242 g/mol. The zero-order valence-corrected chi connectivity index (χ0v) is 10.8. The predicted molar refractivity (Wildman–Crippen MR) is 73.6 cm³/mol. The lowest BCUT2D eigenvalue weighted by Crippen LogP contribution is -2.32. The van der Waals surface area contributed by atoms with Gasteiger partial charge in [-0.15, -0.1) is 0 Å². The van der Waals surface area contributed by atoms with Crippen molar-refractivity contribution in [2.75, 3.05) is 0 Å². The summed E-state index contributed by atoms with van der Waals surface area (Å²) < 4.78 is 0. The van der Waals surface area contributed by atoms with E-state index in [9.17, 15) is 4.79 Å². The van der Waals surface area contributed by atoms with Crippen LogP contribution in [0.25, 0.3) is 0 Å². The quantitative estimate of drug-likeness (QED) is 0.891. The van der Waals surface area contributed by atoms with E-state index < -0.39 is 0 Å². The molecule has 0 unspecified atom stereocenters. The minimum Gasteiger partial charge on any atom is -0.333 e. The number of rotatable bonds is 2. The Morgan fingerprint density at radius 1 is 1.00 bits per heavy atom. The lowest BCUT2D eigenvalue weighted by Gasteiger charge is -2.24. The Morgan fingerprint density at radius 2 is 1.67 bits per heavy atom. The number of carbonyl (C=O) groups is 1. The van der Waals surface area contributed by atoms with Gasteiger partial charge in [-0.1, -0.05) is 48.2 Å². The van der Waals surface area contributed by atoms with Gasteiger partial charge in [-0.05, 0) is 25.1 Å². The molecular formula is C15H13NOS. The van der Waals surface area contributed by atoms with Crippen LogP contribution in [0, 0.1) is 0 Å². The second-order valence-electron chi connectivity index (χ2n) is 4.45. The van der Waals surface area contributed by atoms with E-state index in [0.29, 0.717) is 0 Å². The molecule has 18 heavy (non-hydrogen) atoms. The molecule has 1 N–H and O–H groups in total. The highest BCUT2D eigenvalue weighted by Gasteiger charge is 2.39. The van der Waals surface area contributed by atoms with Crippen molar-refractivity contribution in [2.24, 2.45) is 0 Å². The zero-order chi connectivity index (χ0) is 12.6. The number of hydrogen-bond acceptors (Lipinski definition) is 2. The minimum atomic E-state index is -0.380. The molecule has 0 bridgehead atoms. The van der Waals surface area contributed by atoms with E-state index >= 15 is 0 Å². The van der Waals surface area contributed by atoms with E-state index in [1.54, 1.807) is 11.8 Å². The summed E-state index contributed by atoms with van der Waals surface area (Å²) in [4.78, 5) is 12.7. The van der Waals surface area contributed by atoms with Gasteiger partial charge in [-0.3, -0.25) is 4.79 Å². The van der Waals surface area contributed by atoms with Crippen LogP contribution in [0.5, 0.6) is 0 Å². The highest BCUT2D eigenvalue weighted by molar-refractivity contribution is 8.00. The molecule has 0 fully saturated rings. The van der Waals surface area contributed by atoms with Crippen molar-refractivity contribution in [1.82, 2.24) is 5.32 Å². The second-order valence-corrected chi connectivity index (χ2v) is 5.94. The number of amides is 1. The van der Waals surface area contributed by atoms with Crippen molar-refractivity contribution in [3.05, 3.63) is 65.7 Å². The summed E-state index contributed by atoms with van der Waals surface area (Å²) in [6.45, 7) is 2.05. The van der Waals surface area contributed by atoms with E-state index in [1.165, 1.54) is 0 Å². The second kappa shape index (κ2) is 4.18. The number of carbonyl (C=O) groups excluding carboxylic acids is 1. The highest BCUT2D eigenvalue weighted by Crippen LogP contribution is 2.43. The molecule has 0 spiro atoms. The number of benzene rings is 2. The molecule has 1 aliphatic heterocycles. The van der Waals surface area contributed by atoms with Crippen LogP contribution in [0.1, 0.15) is 22.8 Å². The van der Waals surface area contributed by atoms with Gasteiger partial charge in [0.2, 0.25) is 0 Å². The summed E-state index contributed by atoms with van der Waals surface area (Å²) in [6, 6.07) is 17.9. The van der Waals surface area contributed by atoms with Crippen LogP contribution in [0.15, 0.2) is 59.5 Å². The Kier molecular flexibility index (Phi) is 2.63. The van der Waals surface area contributed by atoms with Crippen LogP contribution in [-0.2, 0) is 4.87 Å². The summed E-state index contributed by atoms with van der Waals surface area (Å²) in [6.07, 6.45) is 0. The highest BCUT2D eigenvalue weighted by atomic mass is 32.2. The van der Waals surface area contributed by atoms with Crippen LogP contribution in [-0.4, -0.2) is 5.91 Å². The summed E-state index contributed by atoms with van der Waals surface area (Å²) in [7, 11) is 0. The summed E-state index contributed by atoms with van der Waals surface area (Å²) >= 11 is 1.67. The van der Waals surface area contributed by atoms with Gasteiger partial charge in [0.15, 0.2) is 0 Å². The van der Waals surface area contributed by atoms with Crippen molar-refractivity contribution in [3.8, 4) is 0 Å². The van der Waals surface area contributed by atoms with Gasteiger partial charge in [0.25, 0.3) is 5.91 Å². The first-order chi connectivity index (χ1) is 8.69. The molecule has 1 heterocycles. The van der Waals surface area contributed by atoms with Crippen molar-refractivity contribution in [2.45, 2.75) is 16.7 Å². The van der Waals surface area contributed by atoms with E-state index in [-0.39, 0.29) is 10.8 Å². The fraction of sp³-hybridized carbons (Fsp3) is 0.133. The molecule has 0 saturated carbocycles. The first kappa shape index (κ1) is 11.4. The van der Waals surface area contributed by atoms with Gasteiger partial charge in [-0.2, -0.15) is 0 Å². The van der Waals surface area contributed by atoms with Gasteiger partial charge < -0.3 is 5.32 Å². The largest absolute Gasteiger partial charge is 0.333 e. The normalized spacial score (nSPS) is 21.5. The number of nitrogens with one attached hydrogen (secondary N) is 1. The Bertz CT molecular complexity index is 596. The molecule has 1 amide bonds. The summed E-state index contributed by atoms with van der Waals surface area (Å²) in [5.41, 5.74) is 1.84. The van der Waals surface area contributed by atoms with Crippen molar-refractivity contribution >= 4 is 17.7 Å². The molecule has 2 aromatic carbocycles. The van der Waals surface area contributed by atoms with Crippen molar-refractivity contribution in [3.63, 3.8) is 0 Å². The molecule has 90 valence electrons. The number of fused-ring (bicyclic) bond motifs is 1. The van der Waals surface area contributed by atoms with Crippen LogP contribution in [0.2, 0.25) is 0 Å². The molecule has 0 aliphatic carbocycles. The maximum Gasteiger partial charge on any atom is 0.253 e. The molecule has 2 aromatic rings. The molecule has 2 nitrogen and oxygen atoms in total. The lowest BCUT2D eigenvalue weighted by atomic mass is 10.1. The number of thioether (sulfide) groups is 1. The first-order valence-electron chi connectivity index (χ1n) is 5.85. The SMILES string of the molecule is C[C@]1(Sc2ccccc2)NC(=O)c2ccccc21. The maximum atomic E-state index is 11.9. The third-order valence-corrected chi connectivity index (χ3v) is 4.34. The molecule has 3 rings (SSSR count). The average Bonchev–Trinajstić information content (AvgIpc) is 2.63. The fourth-order valence-electron chi connectivity index (χ4n) is 2.25. The molecule has 0 radical (unpaired) electrons. The first-order valence-corrected chi connectivity index (χ1v) is 6.67. The molecule has 0 aromatic heterocycles. The van der Waals surface area contributed by atoms with Gasteiger partial charge in [0.1, 0.15) is 4.87 Å². The van der Waals surface area contributed by atoms with E-state index in [1.807, 2.05) is 42.5 Å². The smallest absolute Gasteiger partial charge is 0.253 e. The van der Waals surface area contributed by atoms with Crippen molar-refractivity contribution in [1.29, 1.82) is 0 Å². The van der Waals surface area contributed by atoms with Crippen molar-refractivity contribution < 1.29 is 4.79 Å².